The molecule has 0 spiro atoms. The van der Waals surface area contributed by atoms with Crippen LogP contribution in [0.4, 0.5) is 0 Å². The lowest BCUT2D eigenvalue weighted by Crippen LogP contribution is -2.44. The molecule has 0 atom stereocenters. The van der Waals surface area contributed by atoms with E-state index in [2.05, 4.69) is 20.4 Å². The number of nitrogens with zero attached hydrogens (tertiary/aromatic N) is 2. The van der Waals surface area contributed by atoms with Crippen molar-refractivity contribution >= 4 is 23.3 Å². The Morgan fingerprint density at radius 2 is 1.94 bits per heavy atom. The minimum absolute atomic E-state index is 0.0275. The van der Waals surface area contributed by atoms with E-state index >= 15 is 0 Å². The fourth-order valence-corrected chi connectivity index (χ4v) is 2.63. The summed E-state index contributed by atoms with van der Waals surface area (Å²) in [5, 5.41) is 3.75. The monoisotopic (exact) mass is 268 g/mol. The first-order valence-electron chi connectivity index (χ1n) is 6.07. The van der Waals surface area contributed by atoms with E-state index in [0.717, 1.165) is 37.2 Å². The Morgan fingerprint density at radius 3 is 2.56 bits per heavy atom. The summed E-state index contributed by atoms with van der Waals surface area (Å²) < 4.78 is 3.68. The molecule has 1 aromatic rings. The second kappa shape index (κ2) is 5.90. The van der Waals surface area contributed by atoms with Crippen LogP contribution in [0.2, 0.25) is 0 Å². The molecule has 6 nitrogen and oxygen atoms in total. The van der Waals surface area contributed by atoms with Crippen LogP contribution < -0.4 is 10.9 Å². The highest BCUT2D eigenvalue weighted by Gasteiger charge is 2.22. The van der Waals surface area contributed by atoms with E-state index in [4.69, 9.17) is 0 Å². The van der Waals surface area contributed by atoms with Crippen LogP contribution in [-0.2, 0) is 4.79 Å². The molecule has 98 valence electrons. The molecule has 1 fully saturated rings. The molecule has 0 aromatic carbocycles. The standard InChI is InChI=1S/C11H16N4O2S/c1-7-9(18-15-12-7)11(17)14-13-10(16)8-5-3-2-4-6-8/h8H,2-6H2,1H3,(H,13,16)(H,14,17). The van der Waals surface area contributed by atoms with Gasteiger partial charge in [-0.2, -0.15) is 0 Å². The van der Waals surface area contributed by atoms with Gasteiger partial charge in [0.25, 0.3) is 5.91 Å². The van der Waals surface area contributed by atoms with Gasteiger partial charge in [-0.1, -0.05) is 23.8 Å². The Bertz CT molecular complexity index is 440. The molecular formula is C11H16N4O2S. The molecule has 0 aliphatic heterocycles. The van der Waals surface area contributed by atoms with Gasteiger partial charge in [0.05, 0.1) is 5.69 Å². The van der Waals surface area contributed by atoms with E-state index in [1.54, 1.807) is 6.92 Å². The predicted molar refractivity (Wildman–Crippen MR) is 66.8 cm³/mol. The second-order valence-corrected chi connectivity index (χ2v) is 5.22. The molecule has 1 aliphatic rings. The zero-order chi connectivity index (χ0) is 13.0. The Balaban J connectivity index is 1.82. The molecule has 2 N–H and O–H groups in total. The van der Waals surface area contributed by atoms with Crippen LogP contribution in [0.25, 0.3) is 0 Å². The normalized spacial score (nSPS) is 16.3. The van der Waals surface area contributed by atoms with E-state index < -0.39 is 0 Å². The summed E-state index contributed by atoms with van der Waals surface area (Å²) in [6, 6.07) is 0. The molecule has 0 bridgehead atoms. The number of aromatic nitrogens is 2. The number of nitrogens with one attached hydrogen (secondary N) is 2. The van der Waals surface area contributed by atoms with E-state index in [9.17, 15) is 9.59 Å². The SMILES string of the molecule is Cc1nnsc1C(=O)NNC(=O)C1CCCCC1. The zero-order valence-electron chi connectivity index (χ0n) is 10.2. The lowest BCUT2D eigenvalue weighted by molar-refractivity contribution is -0.126. The first-order chi connectivity index (χ1) is 8.68. The van der Waals surface area contributed by atoms with Crippen molar-refractivity contribution in [3.8, 4) is 0 Å². The molecule has 2 rings (SSSR count). The van der Waals surface area contributed by atoms with Gasteiger partial charge in [0.15, 0.2) is 0 Å². The van der Waals surface area contributed by atoms with Crippen LogP contribution in [0.3, 0.4) is 0 Å². The summed E-state index contributed by atoms with van der Waals surface area (Å²) >= 11 is 1.02. The van der Waals surface area contributed by atoms with Crippen molar-refractivity contribution in [1.82, 2.24) is 20.4 Å². The van der Waals surface area contributed by atoms with Crippen LogP contribution in [0.1, 0.15) is 47.5 Å². The van der Waals surface area contributed by atoms with Crippen molar-refractivity contribution in [3.05, 3.63) is 10.6 Å². The topological polar surface area (TPSA) is 84.0 Å². The fraction of sp³-hybridized carbons (Fsp3) is 0.636. The summed E-state index contributed by atoms with van der Waals surface area (Å²) in [4.78, 5) is 24.0. The van der Waals surface area contributed by atoms with Crippen LogP contribution >= 0.6 is 11.5 Å². The number of rotatable bonds is 2. The molecule has 0 saturated heterocycles. The van der Waals surface area contributed by atoms with Crippen molar-refractivity contribution in [2.75, 3.05) is 0 Å². The third kappa shape index (κ3) is 3.04. The van der Waals surface area contributed by atoms with E-state index in [0.29, 0.717) is 10.6 Å². The second-order valence-electron chi connectivity index (χ2n) is 4.47. The molecule has 2 amide bonds. The average molecular weight is 268 g/mol. The van der Waals surface area contributed by atoms with Gasteiger partial charge in [-0.15, -0.1) is 5.10 Å². The van der Waals surface area contributed by atoms with Crippen LogP contribution in [0.15, 0.2) is 0 Å². The third-order valence-corrected chi connectivity index (χ3v) is 3.96. The summed E-state index contributed by atoms with van der Waals surface area (Å²) in [7, 11) is 0. The molecule has 1 aromatic heterocycles. The number of carbonyl (C=O) groups excluding carboxylic acids is 2. The zero-order valence-corrected chi connectivity index (χ0v) is 11.0. The molecule has 1 saturated carbocycles. The summed E-state index contributed by atoms with van der Waals surface area (Å²) in [6.45, 7) is 1.71. The molecule has 0 radical (unpaired) electrons. The van der Waals surface area contributed by atoms with Crippen molar-refractivity contribution in [2.45, 2.75) is 39.0 Å². The summed E-state index contributed by atoms with van der Waals surface area (Å²) in [6.07, 6.45) is 5.18. The van der Waals surface area contributed by atoms with Gasteiger partial charge in [-0.05, 0) is 31.3 Å². The minimum atomic E-state index is -0.355. The van der Waals surface area contributed by atoms with Gasteiger partial charge in [0.1, 0.15) is 4.88 Å². The van der Waals surface area contributed by atoms with Gasteiger partial charge < -0.3 is 0 Å². The van der Waals surface area contributed by atoms with Crippen molar-refractivity contribution < 1.29 is 9.59 Å². The Labute approximate surface area is 109 Å². The van der Waals surface area contributed by atoms with Gasteiger partial charge in [-0.3, -0.25) is 20.4 Å². The van der Waals surface area contributed by atoms with Crippen LogP contribution in [-0.4, -0.2) is 21.4 Å². The molecule has 7 heteroatoms. The van der Waals surface area contributed by atoms with E-state index in [-0.39, 0.29) is 17.7 Å². The summed E-state index contributed by atoms with van der Waals surface area (Å²) in [5.74, 6) is -0.426. The maximum Gasteiger partial charge on any atom is 0.283 e. The lowest BCUT2D eigenvalue weighted by atomic mass is 9.89. The number of aryl methyl sites for hydroxylation is 1. The number of hydrazine groups is 1. The molecule has 18 heavy (non-hydrogen) atoms. The number of carbonyl (C=O) groups is 2. The number of hydrogen-bond donors (Lipinski definition) is 2. The molecule has 1 aliphatic carbocycles. The molecular weight excluding hydrogens is 252 g/mol. The van der Waals surface area contributed by atoms with Crippen molar-refractivity contribution in [2.24, 2.45) is 5.92 Å². The minimum Gasteiger partial charge on any atom is -0.273 e. The van der Waals surface area contributed by atoms with Gasteiger partial charge >= 0.3 is 0 Å². The van der Waals surface area contributed by atoms with Gasteiger partial charge in [0, 0.05) is 5.92 Å². The average Bonchev–Trinajstić information content (AvgIpc) is 2.83. The largest absolute Gasteiger partial charge is 0.283 e. The van der Waals surface area contributed by atoms with Crippen LogP contribution in [0, 0.1) is 12.8 Å². The van der Waals surface area contributed by atoms with Gasteiger partial charge in [-0.25, -0.2) is 0 Å². The third-order valence-electron chi connectivity index (χ3n) is 3.13. The Morgan fingerprint density at radius 1 is 1.22 bits per heavy atom. The maximum absolute atomic E-state index is 11.8. The maximum atomic E-state index is 11.8. The van der Waals surface area contributed by atoms with Gasteiger partial charge in [0.2, 0.25) is 5.91 Å². The van der Waals surface area contributed by atoms with Crippen molar-refractivity contribution in [3.63, 3.8) is 0 Å². The molecule has 0 unspecified atom stereocenters. The van der Waals surface area contributed by atoms with Crippen molar-refractivity contribution in [1.29, 1.82) is 0 Å². The first kappa shape index (κ1) is 12.9. The Kier molecular flexibility index (Phi) is 4.24. The Hall–Kier alpha value is -1.50. The highest BCUT2D eigenvalue weighted by atomic mass is 32.1. The molecule has 1 heterocycles. The lowest BCUT2D eigenvalue weighted by Gasteiger charge is -2.20. The smallest absolute Gasteiger partial charge is 0.273 e. The quantitative estimate of drug-likeness (QED) is 0.789. The highest BCUT2D eigenvalue weighted by Crippen LogP contribution is 2.23. The van der Waals surface area contributed by atoms with E-state index in [1.165, 1.54) is 6.42 Å². The number of hydrogen-bond acceptors (Lipinski definition) is 5. The van der Waals surface area contributed by atoms with E-state index in [1.807, 2.05) is 0 Å². The fourth-order valence-electron chi connectivity index (χ4n) is 2.08. The number of amides is 2. The first-order valence-corrected chi connectivity index (χ1v) is 6.85. The highest BCUT2D eigenvalue weighted by molar-refractivity contribution is 7.07. The predicted octanol–water partition coefficient (Wildman–Crippen LogP) is 1.19. The van der Waals surface area contributed by atoms with Crippen LogP contribution in [0.5, 0.6) is 0 Å². The summed E-state index contributed by atoms with van der Waals surface area (Å²) in [5.41, 5.74) is 5.47.